The van der Waals surface area contributed by atoms with E-state index in [9.17, 15) is 9.50 Å². The highest BCUT2D eigenvalue weighted by Crippen LogP contribution is 2.30. The number of aliphatic hydroxyl groups excluding tert-OH is 1. The van der Waals surface area contributed by atoms with Gasteiger partial charge in [0.05, 0.1) is 23.9 Å². The molecule has 1 rings (SSSR count). The summed E-state index contributed by atoms with van der Waals surface area (Å²) < 4.78 is 13.1. The smallest absolute Gasteiger partial charge is 0.146 e. The Labute approximate surface area is 74.6 Å². The molecule has 4 nitrogen and oxygen atoms in total. The van der Waals surface area contributed by atoms with Crippen molar-refractivity contribution in [1.29, 1.82) is 0 Å². The highest BCUT2D eigenvalue weighted by Gasteiger charge is 2.17. The van der Waals surface area contributed by atoms with Crippen molar-refractivity contribution in [1.82, 2.24) is 0 Å². The molecule has 1 atom stereocenters. The SMILES string of the molecule is Nc1ccc(F)c([C@@H](N)CO)c1O. The first-order valence-electron chi connectivity index (χ1n) is 3.71. The first-order chi connectivity index (χ1) is 6.07. The molecule has 0 aliphatic carbocycles. The molecule has 0 saturated carbocycles. The maximum Gasteiger partial charge on any atom is 0.146 e. The number of phenolic OH excluding ortho intramolecular Hbond substituents is 1. The van der Waals surface area contributed by atoms with E-state index in [2.05, 4.69) is 0 Å². The number of aromatic hydroxyl groups is 1. The zero-order valence-corrected chi connectivity index (χ0v) is 6.87. The predicted molar refractivity (Wildman–Crippen MR) is 46.5 cm³/mol. The second-order valence-corrected chi connectivity index (χ2v) is 2.69. The summed E-state index contributed by atoms with van der Waals surface area (Å²) in [5.41, 5.74) is 10.6. The minimum Gasteiger partial charge on any atom is -0.505 e. The Balaban J connectivity index is 3.25. The molecule has 0 bridgehead atoms. The molecule has 0 spiro atoms. The molecule has 1 aromatic rings. The summed E-state index contributed by atoms with van der Waals surface area (Å²) in [5.74, 6) is -1.07. The van der Waals surface area contributed by atoms with Crippen LogP contribution in [0.1, 0.15) is 11.6 Å². The third kappa shape index (κ3) is 1.71. The van der Waals surface area contributed by atoms with Crippen molar-refractivity contribution in [3.05, 3.63) is 23.5 Å². The van der Waals surface area contributed by atoms with Crippen LogP contribution in [-0.2, 0) is 0 Å². The Hall–Kier alpha value is -1.33. The minimum absolute atomic E-state index is 0.0419. The van der Waals surface area contributed by atoms with Crippen molar-refractivity contribution < 1.29 is 14.6 Å². The second kappa shape index (κ2) is 3.59. The molecule has 5 heteroatoms. The summed E-state index contributed by atoms with van der Waals surface area (Å²) in [4.78, 5) is 0. The molecule has 0 unspecified atom stereocenters. The molecule has 0 aliphatic heterocycles. The number of halogens is 1. The molecule has 0 heterocycles. The van der Waals surface area contributed by atoms with Gasteiger partial charge in [0.25, 0.3) is 0 Å². The van der Waals surface area contributed by atoms with Gasteiger partial charge >= 0.3 is 0 Å². The third-order valence-corrected chi connectivity index (χ3v) is 1.76. The summed E-state index contributed by atoms with van der Waals surface area (Å²) in [7, 11) is 0. The molecule has 0 fully saturated rings. The van der Waals surface area contributed by atoms with Gasteiger partial charge in [0.2, 0.25) is 0 Å². The minimum atomic E-state index is -0.955. The molecular weight excluding hydrogens is 175 g/mol. The number of hydrogen-bond donors (Lipinski definition) is 4. The van der Waals surface area contributed by atoms with Crippen molar-refractivity contribution in [3.63, 3.8) is 0 Å². The van der Waals surface area contributed by atoms with Gasteiger partial charge in [-0.15, -0.1) is 0 Å². The van der Waals surface area contributed by atoms with E-state index >= 15 is 0 Å². The number of phenols is 1. The average Bonchev–Trinajstić information content (AvgIpc) is 2.12. The van der Waals surface area contributed by atoms with Gasteiger partial charge in [-0.2, -0.15) is 0 Å². The van der Waals surface area contributed by atoms with Crippen LogP contribution in [0, 0.1) is 5.82 Å². The fourth-order valence-corrected chi connectivity index (χ4v) is 1.04. The molecule has 1 aromatic carbocycles. The summed E-state index contributed by atoms with van der Waals surface area (Å²) >= 11 is 0. The lowest BCUT2D eigenvalue weighted by Gasteiger charge is -2.12. The maximum absolute atomic E-state index is 13.1. The van der Waals surface area contributed by atoms with Crippen LogP contribution < -0.4 is 11.5 Å². The monoisotopic (exact) mass is 186 g/mol. The zero-order valence-electron chi connectivity index (χ0n) is 6.87. The third-order valence-electron chi connectivity index (χ3n) is 1.76. The van der Waals surface area contributed by atoms with E-state index in [-0.39, 0.29) is 11.3 Å². The second-order valence-electron chi connectivity index (χ2n) is 2.69. The zero-order chi connectivity index (χ0) is 10.0. The molecule has 0 aliphatic rings. The lowest BCUT2D eigenvalue weighted by atomic mass is 10.1. The molecule has 0 radical (unpaired) electrons. The van der Waals surface area contributed by atoms with Gasteiger partial charge in [-0.1, -0.05) is 0 Å². The normalized spacial score (nSPS) is 12.8. The van der Waals surface area contributed by atoms with Gasteiger partial charge in [-0.05, 0) is 12.1 Å². The Bertz CT molecular complexity index is 317. The van der Waals surface area contributed by atoms with Crippen LogP contribution in [-0.4, -0.2) is 16.8 Å². The van der Waals surface area contributed by atoms with Gasteiger partial charge in [0, 0.05) is 0 Å². The summed E-state index contributed by atoms with van der Waals surface area (Å²) in [6.07, 6.45) is 0. The van der Waals surface area contributed by atoms with E-state index in [1.165, 1.54) is 6.07 Å². The van der Waals surface area contributed by atoms with Crippen molar-refractivity contribution in [2.45, 2.75) is 6.04 Å². The number of anilines is 1. The Morgan fingerprint density at radius 1 is 1.46 bits per heavy atom. The average molecular weight is 186 g/mol. The quantitative estimate of drug-likeness (QED) is 0.389. The van der Waals surface area contributed by atoms with Gasteiger partial charge in [0.15, 0.2) is 0 Å². The van der Waals surface area contributed by atoms with Gasteiger partial charge in [-0.25, -0.2) is 4.39 Å². The van der Waals surface area contributed by atoms with Crippen molar-refractivity contribution >= 4 is 5.69 Å². The van der Waals surface area contributed by atoms with Crippen LogP contribution in [0.2, 0.25) is 0 Å². The molecule has 6 N–H and O–H groups in total. The van der Waals surface area contributed by atoms with Gasteiger partial charge < -0.3 is 21.7 Å². The Kier molecular flexibility index (Phi) is 2.69. The number of rotatable bonds is 2. The number of hydrogen-bond acceptors (Lipinski definition) is 4. The number of nitrogen functional groups attached to an aromatic ring is 1. The predicted octanol–water partition coefficient (Wildman–Crippen LogP) is 0.106. The lowest BCUT2D eigenvalue weighted by molar-refractivity contribution is 0.262. The van der Waals surface area contributed by atoms with Crippen LogP contribution in [0.5, 0.6) is 5.75 Å². The van der Waals surface area contributed by atoms with E-state index in [1.54, 1.807) is 0 Å². The van der Waals surface area contributed by atoms with Crippen LogP contribution in [0.25, 0.3) is 0 Å². The van der Waals surface area contributed by atoms with Crippen molar-refractivity contribution in [2.75, 3.05) is 12.3 Å². The fourth-order valence-electron chi connectivity index (χ4n) is 1.04. The van der Waals surface area contributed by atoms with Crippen LogP contribution in [0.15, 0.2) is 12.1 Å². The molecule has 72 valence electrons. The topological polar surface area (TPSA) is 92.5 Å². The number of aliphatic hydroxyl groups is 1. The van der Waals surface area contributed by atoms with Crippen LogP contribution in [0.3, 0.4) is 0 Å². The van der Waals surface area contributed by atoms with E-state index < -0.39 is 24.2 Å². The standard InChI is InChI=1S/C8H11FN2O2/c9-4-1-2-5(10)8(13)7(4)6(11)3-12/h1-2,6,12-13H,3,10-11H2/t6-/m0/s1. The number of nitrogens with two attached hydrogens (primary N) is 2. The lowest BCUT2D eigenvalue weighted by Crippen LogP contribution is -2.16. The maximum atomic E-state index is 13.1. The van der Waals surface area contributed by atoms with E-state index in [1.807, 2.05) is 0 Å². The fraction of sp³-hybridized carbons (Fsp3) is 0.250. The van der Waals surface area contributed by atoms with Crippen molar-refractivity contribution in [3.8, 4) is 5.75 Å². The summed E-state index contributed by atoms with van der Waals surface area (Å²) in [6, 6.07) is 1.38. The summed E-state index contributed by atoms with van der Waals surface area (Å²) in [5, 5.41) is 18.0. The summed E-state index contributed by atoms with van der Waals surface area (Å²) in [6.45, 7) is -0.450. The first-order valence-corrected chi connectivity index (χ1v) is 3.71. The molecular formula is C8H11FN2O2. The van der Waals surface area contributed by atoms with Crippen LogP contribution >= 0.6 is 0 Å². The Morgan fingerprint density at radius 3 is 2.62 bits per heavy atom. The molecule has 0 aromatic heterocycles. The van der Waals surface area contributed by atoms with E-state index in [0.29, 0.717) is 0 Å². The van der Waals surface area contributed by atoms with Gasteiger partial charge in [0.1, 0.15) is 11.6 Å². The number of benzene rings is 1. The molecule has 0 amide bonds. The van der Waals surface area contributed by atoms with E-state index in [4.69, 9.17) is 16.6 Å². The van der Waals surface area contributed by atoms with Crippen LogP contribution in [0.4, 0.5) is 10.1 Å². The highest BCUT2D eigenvalue weighted by molar-refractivity contribution is 5.57. The molecule has 13 heavy (non-hydrogen) atoms. The Morgan fingerprint density at radius 2 is 2.08 bits per heavy atom. The van der Waals surface area contributed by atoms with Crippen molar-refractivity contribution in [2.24, 2.45) is 5.73 Å². The van der Waals surface area contributed by atoms with Gasteiger partial charge in [-0.3, -0.25) is 0 Å². The first kappa shape index (κ1) is 9.76. The largest absolute Gasteiger partial charge is 0.505 e. The highest BCUT2D eigenvalue weighted by atomic mass is 19.1. The van der Waals surface area contributed by atoms with E-state index in [0.717, 1.165) is 6.07 Å². The molecule has 0 saturated heterocycles.